The second-order valence-corrected chi connectivity index (χ2v) is 5.17. The van der Waals surface area contributed by atoms with E-state index in [0.29, 0.717) is 5.82 Å². The van der Waals surface area contributed by atoms with E-state index < -0.39 is 0 Å². The van der Waals surface area contributed by atoms with Gasteiger partial charge in [0.1, 0.15) is 17.9 Å². The van der Waals surface area contributed by atoms with Crippen molar-refractivity contribution >= 4 is 16.9 Å². The average Bonchev–Trinajstić information content (AvgIpc) is 3.23. The van der Waals surface area contributed by atoms with Crippen LogP contribution < -0.4 is 10.5 Å². The Morgan fingerprint density at radius 1 is 1.13 bits per heavy atom. The van der Waals surface area contributed by atoms with Gasteiger partial charge >= 0.3 is 0 Å². The van der Waals surface area contributed by atoms with E-state index in [0.717, 1.165) is 33.6 Å². The lowest BCUT2D eigenvalue weighted by Gasteiger charge is -2.03. The number of benzene rings is 1. The van der Waals surface area contributed by atoms with Crippen LogP contribution in [0, 0.1) is 0 Å². The van der Waals surface area contributed by atoms with E-state index in [2.05, 4.69) is 15.0 Å². The normalized spacial score (nSPS) is 11.0. The van der Waals surface area contributed by atoms with Gasteiger partial charge in [0, 0.05) is 24.2 Å². The number of nitrogens with zero attached hydrogens (tertiary/aromatic N) is 3. The van der Waals surface area contributed by atoms with Gasteiger partial charge in [0.25, 0.3) is 0 Å². The van der Waals surface area contributed by atoms with E-state index in [1.54, 1.807) is 7.11 Å². The number of nitrogens with one attached hydrogen (secondary N) is 1. The molecule has 0 fully saturated rings. The number of hydrogen-bond donors (Lipinski definition) is 2. The summed E-state index contributed by atoms with van der Waals surface area (Å²) in [6.07, 6.45) is 7.30. The lowest BCUT2D eigenvalue weighted by atomic mass is 10.1. The predicted octanol–water partition coefficient (Wildman–Crippen LogP) is 3.01. The van der Waals surface area contributed by atoms with Gasteiger partial charge in [0.15, 0.2) is 5.65 Å². The zero-order valence-electron chi connectivity index (χ0n) is 12.5. The van der Waals surface area contributed by atoms with E-state index in [-0.39, 0.29) is 0 Å². The quantitative estimate of drug-likeness (QED) is 0.609. The van der Waals surface area contributed by atoms with Gasteiger partial charge in [-0.05, 0) is 23.8 Å². The largest absolute Gasteiger partial charge is 0.497 e. The smallest absolute Gasteiger partial charge is 0.150 e. The molecule has 0 unspecified atom stereocenters. The summed E-state index contributed by atoms with van der Waals surface area (Å²) >= 11 is 0. The third-order valence-corrected chi connectivity index (χ3v) is 3.87. The molecular formula is C17H15N5O. The van der Waals surface area contributed by atoms with Gasteiger partial charge in [-0.2, -0.15) is 0 Å². The van der Waals surface area contributed by atoms with E-state index in [1.165, 1.54) is 6.33 Å². The summed E-state index contributed by atoms with van der Waals surface area (Å²) in [6, 6.07) is 9.84. The van der Waals surface area contributed by atoms with Gasteiger partial charge in [-0.1, -0.05) is 12.1 Å². The number of rotatable bonds is 3. The highest BCUT2D eigenvalue weighted by molar-refractivity contribution is 6.01. The van der Waals surface area contributed by atoms with Gasteiger partial charge < -0.3 is 15.5 Å². The second kappa shape index (κ2) is 5.17. The molecule has 0 aliphatic heterocycles. The van der Waals surface area contributed by atoms with E-state index in [4.69, 9.17) is 10.5 Å². The summed E-state index contributed by atoms with van der Waals surface area (Å²) in [5, 5.41) is 0.846. The maximum Gasteiger partial charge on any atom is 0.150 e. The highest BCUT2D eigenvalue weighted by Gasteiger charge is 2.16. The van der Waals surface area contributed by atoms with Crippen molar-refractivity contribution in [1.29, 1.82) is 0 Å². The van der Waals surface area contributed by atoms with Crippen LogP contribution in [0.25, 0.3) is 27.8 Å². The highest BCUT2D eigenvalue weighted by atomic mass is 16.5. The van der Waals surface area contributed by atoms with Crippen LogP contribution in [0.5, 0.6) is 5.75 Å². The fraction of sp³-hybridized carbons (Fsp3) is 0.0588. The molecule has 23 heavy (non-hydrogen) atoms. The minimum atomic E-state index is 0.468. The predicted molar refractivity (Wildman–Crippen MR) is 89.6 cm³/mol. The molecule has 0 aliphatic rings. The standard InChI is InChI=1S/C17H15N5O/c1-23-13-4-2-11(3-5-13)14-9-22(12-6-7-19-8-12)17-15(14)16(18)20-10-21-17/h2-10,19H,1H3,(H2,18,20,21). The van der Waals surface area contributed by atoms with Gasteiger partial charge in [0.05, 0.1) is 18.2 Å². The fourth-order valence-electron chi connectivity index (χ4n) is 2.74. The Bertz CT molecular complexity index is 955. The summed E-state index contributed by atoms with van der Waals surface area (Å²) < 4.78 is 7.23. The molecule has 0 spiro atoms. The first-order valence-electron chi connectivity index (χ1n) is 7.17. The molecular weight excluding hydrogens is 290 g/mol. The third kappa shape index (κ3) is 2.12. The van der Waals surface area contributed by atoms with Crippen molar-refractivity contribution in [3.8, 4) is 22.6 Å². The molecule has 3 heterocycles. The number of nitrogens with two attached hydrogens (primary N) is 1. The number of anilines is 1. The molecule has 3 N–H and O–H groups in total. The number of aromatic amines is 1. The Morgan fingerprint density at radius 2 is 1.96 bits per heavy atom. The Balaban J connectivity index is 1.99. The molecule has 3 aromatic heterocycles. The zero-order chi connectivity index (χ0) is 15.8. The molecule has 0 radical (unpaired) electrons. The fourth-order valence-corrected chi connectivity index (χ4v) is 2.74. The van der Waals surface area contributed by atoms with Crippen molar-refractivity contribution in [1.82, 2.24) is 19.5 Å². The van der Waals surface area contributed by atoms with E-state index in [9.17, 15) is 0 Å². The van der Waals surface area contributed by atoms with Crippen molar-refractivity contribution in [3.05, 3.63) is 55.2 Å². The number of nitrogen functional groups attached to an aromatic ring is 1. The molecule has 6 nitrogen and oxygen atoms in total. The maximum absolute atomic E-state index is 6.12. The van der Waals surface area contributed by atoms with Crippen LogP contribution in [0.15, 0.2) is 55.2 Å². The molecule has 1 aromatic carbocycles. The van der Waals surface area contributed by atoms with Crippen LogP contribution in [0.2, 0.25) is 0 Å². The zero-order valence-corrected chi connectivity index (χ0v) is 12.5. The van der Waals surface area contributed by atoms with Crippen LogP contribution in [0.1, 0.15) is 0 Å². The summed E-state index contributed by atoms with van der Waals surface area (Å²) in [5.74, 6) is 1.28. The molecule has 0 bridgehead atoms. The summed E-state index contributed by atoms with van der Waals surface area (Å²) in [4.78, 5) is 11.6. The second-order valence-electron chi connectivity index (χ2n) is 5.17. The van der Waals surface area contributed by atoms with Crippen LogP contribution in [-0.2, 0) is 0 Å². The van der Waals surface area contributed by atoms with Gasteiger partial charge in [0.2, 0.25) is 0 Å². The van der Waals surface area contributed by atoms with Crippen molar-refractivity contribution in [3.63, 3.8) is 0 Å². The Morgan fingerprint density at radius 3 is 2.65 bits per heavy atom. The van der Waals surface area contributed by atoms with Crippen molar-refractivity contribution in [2.75, 3.05) is 12.8 Å². The molecule has 0 aliphatic carbocycles. The SMILES string of the molecule is COc1ccc(-c2cn(-c3cc[nH]c3)c3ncnc(N)c23)cc1. The molecule has 0 saturated carbocycles. The van der Waals surface area contributed by atoms with Crippen molar-refractivity contribution in [2.24, 2.45) is 0 Å². The number of H-pyrrole nitrogens is 1. The Hall–Kier alpha value is -3.28. The highest BCUT2D eigenvalue weighted by Crippen LogP contribution is 2.34. The first-order chi connectivity index (χ1) is 11.3. The topological polar surface area (TPSA) is 81.8 Å². The Kier molecular flexibility index (Phi) is 3.01. The molecule has 4 rings (SSSR count). The molecule has 0 atom stereocenters. The molecule has 0 amide bonds. The first kappa shape index (κ1) is 13.4. The number of ether oxygens (including phenoxy) is 1. The summed E-state index contributed by atoms with van der Waals surface area (Å²) in [5.41, 5.74) is 9.92. The minimum absolute atomic E-state index is 0.468. The Labute approximate surface area is 132 Å². The number of hydrogen-bond acceptors (Lipinski definition) is 4. The summed E-state index contributed by atoms with van der Waals surface area (Å²) in [7, 11) is 1.65. The lowest BCUT2D eigenvalue weighted by Crippen LogP contribution is -1.95. The number of methoxy groups -OCH3 is 1. The first-order valence-corrected chi connectivity index (χ1v) is 7.17. The van der Waals surface area contributed by atoms with E-state index in [1.807, 2.05) is 53.5 Å². The van der Waals surface area contributed by atoms with Crippen LogP contribution >= 0.6 is 0 Å². The monoisotopic (exact) mass is 305 g/mol. The van der Waals surface area contributed by atoms with Crippen LogP contribution in [0.4, 0.5) is 5.82 Å². The number of fused-ring (bicyclic) bond motifs is 1. The van der Waals surface area contributed by atoms with Gasteiger partial charge in [-0.15, -0.1) is 0 Å². The molecule has 0 saturated heterocycles. The van der Waals surface area contributed by atoms with Crippen molar-refractivity contribution < 1.29 is 4.74 Å². The molecule has 114 valence electrons. The minimum Gasteiger partial charge on any atom is -0.497 e. The average molecular weight is 305 g/mol. The summed E-state index contributed by atoms with van der Waals surface area (Å²) in [6.45, 7) is 0. The van der Waals surface area contributed by atoms with Crippen molar-refractivity contribution in [2.45, 2.75) is 0 Å². The maximum atomic E-state index is 6.12. The molecule has 6 heteroatoms. The van der Waals surface area contributed by atoms with Crippen LogP contribution in [0.3, 0.4) is 0 Å². The molecule has 4 aromatic rings. The lowest BCUT2D eigenvalue weighted by molar-refractivity contribution is 0.415. The van der Waals surface area contributed by atoms with Crippen LogP contribution in [-0.4, -0.2) is 26.6 Å². The number of aromatic nitrogens is 4. The van der Waals surface area contributed by atoms with Gasteiger partial charge in [-0.3, -0.25) is 4.57 Å². The van der Waals surface area contributed by atoms with Gasteiger partial charge in [-0.25, -0.2) is 9.97 Å². The third-order valence-electron chi connectivity index (χ3n) is 3.87. The van der Waals surface area contributed by atoms with E-state index >= 15 is 0 Å².